The van der Waals surface area contributed by atoms with Crippen LogP contribution in [0.5, 0.6) is 0 Å². The van der Waals surface area contributed by atoms with E-state index in [1.807, 2.05) is 24.3 Å². The molecule has 3 aromatic rings. The average Bonchev–Trinajstić information content (AvgIpc) is 2.97. The molecule has 0 saturated carbocycles. The molecule has 1 heterocycles. The Labute approximate surface area is 250 Å². The fourth-order valence-electron chi connectivity index (χ4n) is 5.42. The number of para-hydroxylation sites is 1. The molecule has 1 aromatic heterocycles. The first-order valence-electron chi connectivity index (χ1n) is 14.5. The summed E-state index contributed by atoms with van der Waals surface area (Å²) in [6.07, 6.45) is 1.00. The number of nitrogens with one attached hydrogen (secondary N) is 2. The van der Waals surface area contributed by atoms with Crippen molar-refractivity contribution in [1.82, 2.24) is 10.3 Å². The van der Waals surface area contributed by atoms with Gasteiger partial charge in [0, 0.05) is 11.8 Å². The number of nitrogens with two attached hydrogens (primary N) is 4. The number of amides is 2. The number of rotatable bonds is 16. The Balaban J connectivity index is 1.73. The fourth-order valence-corrected chi connectivity index (χ4v) is 5.42. The first-order chi connectivity index (χ1) is 20.5. The number of fused-ring (bicyclic) bond motifs is 1. The Morgan fingerprint density at radius 1 is 0.860 bits per heavy atom. The molecule has 0 fully saturated rings. The molecule has 0 aliphatic carbocycles. The van der Waals surface area contributed by atoms with Crippen LogP contribution in [0.3, 0.4) is 0 Å². The molecule has 0 aliphatic rings. The zero-order chi connectivity index (χ0) is 31.5. The highest BCUT2D eigenvalue weighted by atomic mass is 19.4. The van der Waals surface area contributed by atoms with Gasteiger partial charge >= 0.3 is 6.18 Å². The van der Waals surface area contributed by atoms with Crippen LogP contribution in [0, 0.1) is 5.41 Å². The highest BCUT2D eigenvalue weighted by Gasteiger charge is 2.31. The second kappa shape index (κ2) is 15.8. The van der Waals surface area contributed by atoms with E-state index in [0.29, 0.717) is 43.7 Å². The molecule has 234 valence electrons. The molecule has 0 saturated heterocycles. The number of carbonyl (C=O) groups excluding carboxylic acids is 2. The van der Waals surface area contributed by atoms with Gasteiger partial charge in [-0.1, -0.05) is 36.8 Å². The molecule has 10 N–H and O–H groups in total. The smallest absolute Gasteiger partial charge is 0.343 e. The van der Waals surface area contributed by atoms with Crippen LogP contribution in [0.4, 0.5) is 18.9 Å². The normalized spacial score (nSPS) is 13.5. The van der Waals surface area contributed by atoms with Crippen LogP contribution in [-0.4, -0.2) is 48.5 Å². The van der Waals surface area contributed by atoms with Gasteiger partial charge < -0.3 is 33.6 Å². The second-order valence-corrected chi connectivity index (χ2v) is 11.0. The summed E-state index contributed by atoms with van der Waals surface area (Å²) < 4.78 is 39.2. The van der Waals surface area contributed by atoms with E-state index in [1.165, 1.54) is 18.3 Å². The lowest BCUT2D eigenvalue weighted by Crippen LogP contribution is -2.51. The summed E-state index contributed by atoms with van der Waals surface area (Å²) in [5.41, 5.74) is 24.4. The predicted octanol–water partition coefficient (Wildman–Crippen LogP) is 3.45. The van der Waals surface area contributed by atoms with Crippen LogP contribution >= 0.6 is 0 Å². The van der Waals surface area contributed by atoms with Crippen LogP contribution in [-0.2, 0) is 22.2 Å². The van der Waals surface area contributed by atoms with Crippen molar-refractivity contribution in [2.24, 2.45) is 28.3 Å². The van der Waals surface area contributed by atoms with Crippen molar-refractivity contribution < 1.29 is 22.8 Å². The van der Waals surface area contributed by atoms with Crippen molar-refractivity contribution in [3.63, 3.8) is 0 Å². The monoisotopic (exact) mass is 601 g/mol. The van der Waals surface area contributed by atoms with Crippen molar-refractivity contribution in [2.75, 3.05) is 25.0 Å². The van der Waals surface area contributed by atoms with Crippen molar-refractivity contribution in [2.45, 2.75) is 63.2 Å². The zero-order valence-electron chi connectivity index (χ0n) is 24.2. The molecule has 0 radical (unpaired) electrons. The van der Waals surface area contributed by atoms with Crippen molar-refractivity contribution in [1.29, 1.82) is 0 Å². The van der Waals surface area contributed by atoms with E-state index in [1.54, 1.807) is 6.07 Å². The van der Waals surface area contributed by atoms with E-state index in [2.05, 4.69) is 15.6 Å². The molecule has 12 heteroatoms. The molecule has 2 atom stereocenters. The molecule has 0 bridgehead atoms. The third-order valence-corrected chi connectivity index (χ3v) is 7.80. The lowest BCUT2D eigenvalue weighted by molar-refractivity contribution is -0.137. The largest absolute Gasteiger partial charge is 0.416 e. The Morgan fingerprint density at radius 3 is 2.09 bits per heavy atom. The van der Waals surface area contributed by atoms with E-state index in [0.717, 1.165) is 48.7 Å². The third-order valence-electron chi connectivity index (χ3n) is 7.80. The summed E-state index contributed by atoms with van der Waals surface area (Å²) in [6.45, 7) is 1.50. The van der Waals surface area contributed by atoms with E-state index < -0.39 is 35.6 Å². The van der Waals surface area contributed by atoms with Crippen LogP contribution < -0.4 is 33.6 Å². The number of nitrogens with zero attached hydrogens (tertiary/aromatic N) is 1. The van der Waals surface area contributed by atoms with Crippen LogP contribution in [0.1, 0.15) is 49.7 Å². The summed E-state index contributed by atoms with van der Waals surface area (Å²) in [5, 5.41) is 6.28. The number of halogens is 3. The summed E-state index contributed by atoms with van der Waals surface area (Å²) in [4.78, 5) is 30.9. The molecule has 3 rings (SSSR count). The van der Waals surface area contributed by atoms with Gasteiger partial charge in [-0.05, 0) is 87.0 Å². The number of anilines is 1. The number of hydrogen-bond donors (Lipinski definition) is 6. The van der Waals surface area contributed by atoms with Gasteiger partial charge in [-0.15, -0.1) is 0 Å². The van der Waals surface area contributed by atoms with Gasteiger partial charge in [0.25, 0.3) is 0 Å². The first kappa shape index (κ1) is 33.9. The number of pyridine rings is 1. The van der Waals surface area contributed by atoms with Gasteiger partial charge in [0.15, 0.2) is 0 Å². The molecule has 2 amide bonds. The Hall–Kier alpha value is -3.58. The van der Waals surface area contributed by atoms with Gasteiger partial charge in [0.2, 0.25) is 11.8 Å². The molecule has 43 heavy (non-hydrogen) atoms. The van der Waals surface area contributed by atoms with Crippen LogP contribution in [0.15, 0.2) is 60.8 Å². The number of benzene rings is 2. The summed E-state index contributed by atoms with van der Waals surface area (Å²) in [5.74, 6) is -1.09. The Morgan fingerprint density at radius 2 is 1.49 bits per heavy atom. The Bertz CT molecular complexity index is 1320. The quantitative estimate of drug-likeness (QED) is 0.146. The van der Waals surface area contributed by atoms with Crippen molar-refractivity contribution in [3.05, 3.63) is 71.9 Å². The fraction of sp³-hybridized carbons (Fsp3) is 0.452. The molecule has 2 aromatic carbocycles. The molecule has 0 spiro atoms. The van der Waals surface area contributed by atoms with Gasteiger partial charge in [0.1, 0.15) is 6.04 Å². The van der Waals surface area contributed by atoms with E-state index in [9.17, 15) is 22.8 Å². The molecular formula is C31H42F3N7O2. The van der Waals surface area contributed by atoms with Crippen molar-refractivity contribution >= 4 is 28.4 Å². The van der Waals surface area contributed by atoms with Crippen LogP contribution in [0.25, 0.3) is 10.9 Å². The standard InChI is InChI=1S/C31H42F3N7O2/c32-31(33,34)23-9-7-21(8-10-23)18-27(29(43)40-24-19-22-4-1-2-6-26(22)39-20-24)41-28(42)25(38)5-3-11-30(12-15-35,13-16-36)14-17-37/h1-2,4,6-10,19-20,25,27H,3,5,11-18,35-38H2,(H,40,43)(H,41,42)/t25-,27+/m0/s1. The molecule has 9 nitrogen and oxygen atoms in total. The minimum absolute atomic E-state index is 0.0456. The van der Waals surface area contributed by atoms with Crippen molar-refractivity contribution in [3.8, 4) is 0 Å². The highest BCUT2D eigenvalue weighted by molar-refractivity contribution is 5.99. The van der Waals surface area contributed by atoms with E-state index >= 15 is 0 Å². The topological polar surface area (TPSA) is 175 Å². The summed E-state index contributed by atoms with van der Waals surface area (Å²) in [7, 11) is 0. The number of aromatic nitrogens is 1. The Kier molecular flexibility index (Phi) is 12.4. The lowest BCUT2D eigenvalue weighted by atomic mass is 9.74. The zero-order valence-corrected chi connectivity index (χ0v) is 24.2. The predicted molar refractivity (Wildman–Crippen MR) is 163 cm³/mol. The minimum Gasteiger partial charge on any atom is -0.343 e. The highest BCUT2D eigenvalue weighted by Crippen LogP contribution is 2.35. The molecular weight excluding hydrogens is 559 g/mol. The second-order valence-electron chi connectivity index (χ2n) is 11.0. The number of hydrogen-bond acceptors (Lipinski definition) is 7. The summed E-state index contributed by atoms with van der Waals surface area (Å²) >= 11 is 0. The van der Waals surface area contributed by atoms with Crippen LogP contribution in [0.2, 0.25) is 0 Å². The van der Waals surface area contributed by atoms with Gasteiger partial charge in [-0.3, -0.25) is 14.6 Å². The van der Waals surface area contributed by atoms with Gasteiger partial charge in [-0.25, -0.2) is 0 Å². The lowest BCUT2D eigenvalue weighted by Gasteiger charge is -2.33. The number of carbonyl (C=O) groups is 2. The first-order valence-corrected chi connectivity index (χ1v) is 14.5. The number of alkyl halides is 3. The van der Waals surface area contributed by atoms with E-state index in [4.69, 9.17) is 22.9 Å². The SMILES string of the molecule is NCCC(CCN)(CCN)CCC[C@H](N)C(=O)N[C@H](Cc1ccc(C(F)(F)F)cc1)C(=O)Nc1cnc2ccccc2c1. The molecule has 0 aliphatic heterocycles. The maximum absolute atomic E-state index is 13.4. The minimum atomic E-state index is -4.49. The summed E-state index contributed by atoms with van der Waals surface area (Å²) in [6, 6.07) is 11.6. The third kappa shape index (κ3) is 9.99. The van der Waals surface area contributed by atoms with Gasteiger partial charge in [-0.2, -0.15) is 13.2 Å². The molecule has 0 unspecified atom stereocenters. The van der Waals surface area contributed by atoms with E-state index in [-0.39, 0.29) is 11.8 Å². The maximum atomic E-state index is 13.4. The average molecular weight is 602 g/mol. The maximum Gasteiger partial charge on any atom is 0.416 e. The van der Waals surface area contributed by atoms with Gasteiger partial charge in [0.05, 0.1) is 29.0 Å².